The predicted molar refractivity (Wildman–Crippen MR) is 87.3 cm³/mol. The van der Waals surface area contributed by atoms with Gasteiger partial charge in [-0.3, -0.25) is 9.89 Å². The SMILES string of the molecule is O=C(NCCCc1nc2ccccc2[nH]1)c1cc(C2CC2)[nH]n1. The summed E-state index contributed by atoms with van der Waals surface area (Å²) in [6.45, 7) is 0.613. The van der Waals surface area contributed by atoms with Gasteiger partial charge in [-0.1, -0.05) is 12.1 Å². The summed E-state index contributed by atoms with van der Waals surface area (Å²) in [5, 5.41) is 9.95. The lowest BCUT2D eigenvalue weighted by Crippen LogP contribution is -2.25. The largest absolute Gasteiger partial charge is 0.351 e. The van der Waals surface area contributed by atoms with Gasteiger partial charge in [0.1, 0.15) is 11.5 Å². The summed E-state index contributed by atoms with van der Waals surface area (Å²) in [6.07, 6.45) is 4.04. The lowest BCUT2D eigenvalue weighted by molar-refractivity contribution is 0.0948. The zero-order valence-corrected chi connectivity index (χ0v) is 12.8. The van der Waals surface area contributed by atoms with Crippen LogP contribution in [0.1, 0.15) is 47.2 Å². The van der Waals surface area contributed by atoms with Crippen molar-refractivity contribution in [3.8, 4) is 0 Å². The number of nitrogens with one attached hydrogen (secondary N) is 3. The van der Waals surface area contributed by atoms with E-state index in [9.17, 15) is 4.79 Å². The zero-order chi connectivity index (χ0) is 15.6. The second-order valence-electron chi connectivity index (χ2n) is 6.04. The fraction of sp³-hybridized carbons (Fsp3) is 0.353. The van der Waals surface area contributed by atoms with Crippen molar-refractivity contribution in [1.82, 2.24) is 25.5 Å². The molecule has 4 rings (SSSR count). The van der Waals surface area contributed by atoms with Crippen molar-refractivity contribution in [1.29, 1.82) is 0 Å². The molecule has 3 aromatic rings. The maximum absolute atomic E-state index is 12.0. The summed E-state index contributed by atoms with van der Waals surface area (Å²) in [4.78, 5) is 19.9. The van der Waals surface area contributed by atoms with Crippen molar-refractivity contribution in [2.45, 2.75) is 31.6 Å². The quantitative estimate of drug-likeness (QED) is 0.612. The molecule has 6 nitrogen and oxygen atoms in total. The van der Waals surface area contributed by atoms with Gasteiger partial charge in [0, 0.05) is 24.6 Å². The first-order valence-electron chi connectivity index (χ1n) is 8.07. The smallest absolute Gasteiger partial charge is 0.271 e. The average Bonchev–Trinajstić information content (AvgIpc) is 3.14. The number of carbonyl (C=O) groups excluding carboxylic acids is 1. The number of aromatic amines is 2. The monoisotopic (exact) mass is 309 g/mol. The first kappa shape index (κ1) is 14.0. The number of hydrogen-bond donors (Lipinski definition) is 3. The summed E-state index contributed by atoms with van der Waals surface area (Å²) in [5.74, 6) is 1.42. The number of nitrogens with zero attached hydrogens (tertiary/aromatic N) is 2. The van der Waals surface area contributed by atoms with Crippen LogP contribution >= 0.6 is 0 Å². The Balaban J connectivity index is 1.26. The molecule has 1 aliphatic carbocycles. The summed E-state index contributed by atoms with van der Waals surface area (Å²) in [5.41, 5.74) is 3.60. The molecule has 1 amide bonds. The number of fused-ring (bicyclic) bond motifs is 1. The molecule has 2 aromatic heterocycles. The molecule has 1 saturated carbocycles. The number of aromatic nitrogens is 4. The lowest BCUT2D eigenvalue weighted by Gasteiger charge is -2.01. The van der Waals surface area contributed by atoms with Gasteiger partial charge in [-0.25, -0.2) is 4.98 Å². The van der Waals surface area contributed by atoms with E-state index in [1.54, 1.807) is 0 Å². The molecule has 0 unspecified atom stereocenters. The van der Waals surface area contributed by atoms with Gasteiger partial charge in [-0.05, 0) is 37.5 Å². The average molecular weight is 309 g/mol. The standard InChI is InChI=1S/C17H19N5O/c23-17(15-10-14(21-22-15)11-7-8-11)18-9-3-6-16-19-12-4-1-2-5-13(12)20-16/h1-2,4-5,10-11H,3,6-9H2,(H,18,23)(H,19,20)(H,21,22). The van der Waals surface area contributed by atoms with Gasteiger partial charge in [-0.2, -0.15) is 5.10 Å². The van der Waals surface area contributed by atoms with E-state index in [1.165, 1.54) is 12.8 Å². The van der Waals surface area contributed by atoms with Crippen molar-refractivity contribution in [3.63, 3.8) is 0 Å². The third-order valence-electron chi connectivity index (χ3n) is 4.16. The minimum atomic E-state index is -0.113. The van der Waals surface area contributed by atoms with E-state index in [-0.39, 0.29) is 5.91 Å². The molecule has 0 atom stereocenters. The van der Waals surface area contributed by atoms with E-state index in [4.69, 9.17) is 0 Å². The third kappa shape index (κ3) is 3.11. The van der Waals surface area contributed by atoms with Gasteiger partial charge in [0.15, 0.2) is 0 Å². The van der Waals surface area contributed by atoms with E-state index >= 15 is 0 Å². The van der Waals surface area contributed by atoms with Crippen LogP contribution in [0.15, 0.2) is 30.3 Å². The maximum atomic E-state index is 12.0. The van der Waals surface area contributed by atoms with Crippen LogP contribution in [0.5, 0.6) is 0 Å². The van der Waals surface area contributed by atoms with Crippen molar-refractivity contribution < 1.29 is 4.79 Å². The minimum absolute atomic E-state index is 0.113. The van der Waals surface area contributed by atoms with Gasteiger partial charge < -0.3 is 10.3 Å². The highest BCUT2D eigenvalue weighted by Gasteiger charge is 2.26. The number of amides is 1. The third-order valence-corrected chi connectivity index (χ3v) is 4.16. The molecule has 0 saturated heterocycles. The number of para-hydroxylation sites is 2. The van der Waals surface area contributed by atoms with Gasteiger partial charge >= 0.3 is 0 Å². The molecule has 118 valence electrons. The molecular weight excluding hydrogens is 290 g/mol. The van der Waals surface area contributed by atoms with Crippen LogP contribution < -0.4 is 5.32 Å². The van der Waals surface area contributed by atoms with Crippen molar-refractivity contribution in [2.24, 2.45) is 0 Å². The van der Waals surface area contributed by atoms with Crippen LogP contribution in [0.3, 0.4) is 0 Å². The Morgan fingerprint density at radius 2 is 2.17 bits per heavy atom. The fourth-order valence-corrected chi connectivity index (χ4v) is 2.73. The first-order chi connectivity index (χ1) is 11.3. The molecule has 6 heteroatoms. The molecule has 23 heavy (non-hydrogen) atoms. The normalized spacial score (nSPS) is 14.3. The van der Waals surface area contributed by atoms with E-state index in [0.29, 0.717) is 18.2 Å². The Hall–Kier alpha value is -2.63. The number of imidazole rings is 1. The van der Waals surface area contributed by atoms with Crippen LogP contribution in [0, 0.1) is 0 Å². The Kier molecular flexibility index (Phi) is 3.57. The van der Waals surface area contributed by atoms with E-state index in [2.05, 4.69) is 25.5 Å². The van der Waals surface area contributed by atoms with Crippen molar-refractivity contribution in [2.75, 3.05) is 6.54 Å². The van der Waals surface area contributed by atoms with Gasteiger partial charge in [0.05, 0.1) is 11.0 Å². The highest BCUT2D eigenvalue weighted by Crippen LogP contribution is 2.38. The number of hydrogen-bond acceptors (Lipinski definition) is 3. The number of carbonyl (C=O) groups is 1. The summed E-state index contributed by atoms with van der Waals surface area (Å²) in [7, 11) is 0. The number of benzene rings is 1. The molecule has 0 aliphatic heterocycles. The first-order valence-corrected chi connectivity index (χ1v) is 8.07. The van der Waals surface area contributed by atoms with Crippen LogP contribution in [0.2, 0.25) is 0 Å². The number of H-pyrrole nitrogens is 2. The topological polar surface area (TPSA) is 86.5 Å². The molecule has 1 aliphatic rings. The van der Waals surface area contributed by atoms with E-state index in [1.807, 2.05) is 30.3 Å². The summed E-state index contributed by atoms with van der Waals surface area (Å²) < 4.78 is 0. The number of aryl methyl sites for hydroxylation is 1. The molecule has 0 bridgehead atoms. The predicted octanol–water partition coefficient (Wildman–Crippen LogP) is 2.53. The van der Waals surface area contributed by atoms with Crippen LogP contribution in [0.25, 0.3) is 11.0 Å². The lowest BCUT2D eigenvalue weighted by atomic mass is 10.2. The molecule has 0 radical (unpaired) electrons. The Morgan fingerprint density at radius 3 is 3.00 bits per heavy atom. The summed E-state index contributed by atoms with van der Waals surface area (Å²) in [6, 6.07) is 9.85. The second kappa shape index (κ2) is 5.87. The Morgan fingerprint density at radius 1 is 1.30 bits per heavy atom. The van der Waals surface area contributed by atoms with Gasteiger partial charge in [-0.15, -0.1) is 0 Å². The molecule has 1 fully saturated rings. The zero-order valence-electron chi connectivity index (χ0n) is 12.8. The molecular formula is C17H19N5O. The summed E-state index contributed by atoms with van der Waals surface area (Å²) >= 11 is 0. The molecule has 3 N–H and O–H groups in total. The van der Waals surface area contributed by atoms with Crippen molar-refractivity contribution >= 4 is 16.9 Å². The number of rotatable bonds is 6. The minimum Gasteiger partial charge on any atom is -0.351 e. The van der Waals surface area contributed by atoms with Crippen molar-refractivity contribution in [3.05, 3.63) is 47.5 Å². The van der Waals surface area contributed by atoms with Crippen LogP contribution in [0.4, 0.5) is 0 Å². The highest BCUT2D eigenvalue weighted by atomic mass is 16.1. The van der Waals surface area contributed by atoms with Crippen LogP contribution in [-0.4, -0.2) is 32.6 Å². The second-order valence-corrected chi connectivity index (χ2v) is 6.04. The maximum Gasteiger partial charge on any atom is 0.271 e. The van der Waals surface area contributed by atoms with E-state index in [0.717, 1.165) is 35.4 Å². The highest BCUT2D eigenvalue weighted by molar-refractivity contribution is 5.92. The van der Waals surface area contributed by atoms with Gasteiger partial charge in [0.25, 0.3) is 5.91 Å². The molecule has 0 spiro atoms. The van der Waals surface area contributed by atoms with Gasteiger partial charge in [0.2, 0.25) is 0 Å². The van der Waals surface area contributed by atoms with Crippen LogP contribution in [-0.2, 0) is 6.42 Å². The Labute approximate surface area is 133 Å². The Bertz CT molecular complexity index is 797. The molecule has 2 heterocycles. The van der Waals surface area contributed by atoms with E-state index < -0.39 is 0 Å². The molecule has 1 aromatic carbocycles. The fourth-order valence-electron chi connectivity index (χ4n) is 2.73.